The minimum atomic E-state index is -0.970. The lowest BCUT2D eigenvalue weighted by Crippen LogP contribution is -2.57. The van der Waals surface area contributed by atoms with E-state index in [9.17, 15) is 9.90 Å². The molecule has 0 bridgehead atoms. The lowest BCUT2D eigenvalue weighted by Gasteiger charge is -2.50. The van der Waals surface area contributed by atoms with Gasteiger partial charge in [0.1, 0.15) is 0 Å². The van der Waals surface area contributed by atoms with Crippen molar-refractivity contribution in [2.75, 3.05) is 13.1 Å². The van der Waals surface area contributed by atoms with Gasteiger partial charge in [-0.1, -0.05) is 37.6 Å². The van der Waals surface area contributed by atoms with E-state index < -0.39 is 11.0 Å². The molecule has 122 valence electrons. The first-order valence-corrected chi connectivity index (χ1v) is 8.05. The van der Waals surface area contributed by atoms with E-state index in [1.54, 1.807) is 12.1 Å². The number of amides is 1. The van der Waals surface area contributed by atoms with Crippen LogP contribution in [0.4, 0.5) is 0 Å². The van der Waals surface area contributed by atoms with E-state index in [1.807, 2.05) is 37.8 Å². The molecule has 2 rings (SSSR count). The predicted molar refractivity (Wildman–Crippen MR) is 88.6 cm³/mol. The molecule has 0 spiro atoms. The monoisotopic (exact) mass is 324 g/mol. The van der Waals surface area contributed by atoms with Gasteiger partial charge in [-0.2, -0.15) is 0 Å². The first-order chi connectivity index (χ1) is 10.2. The van der Waals surface area contributed by atoms with Gasteiger partial charge in [-0.05, 0) is 31.0 Å². The van der Waals surface area contributed by atoms with Crippen molar-refractivity contribution in [3.63, 3.8) is 0 Å². The van der Waals surface area contributed by atoms with Gasteiger partial charge in [0.15, 0.2) is 0 Å². The number of hydrogen-bond donors (Lipinski definition) is 2. The molecule has 5 heteroatoms. The van der Waals surface area contributed by atoms with E-state index in [2.05, 4.69) is 0 Å². The van der Waals surface area contributed by atoms with Crippen LogP contribution in [-0.4, -0.2) is 35.0 Å². The molecule has 1 saturated heterocycles. The highest BCUT2D eigenvalue weighted by molar-refractivity contribution is 6.30. The minimum Gasteiger partial charge on any atom is -0.384 e. The standard InChI is InChI=1S/C17H25ClN2O2/c1-12(19)10-15(21)20-9-8-17(22,16(2,3)11-20)13-4-6-14(18)7-5-13/h4-7,12,22H,8-11,19H2,1-3H3/t12-,17+/m1/s1. The van der Waals surface area contributed by atoms with Crippen LogP contribution in [-0.2, 0) is 10.4 Å². The van der Waals surface area contributed by atoms with Crippen molar-refractivity contribution in [3.8, 4) is 0 Å². The molecule has 0 radical (unpaired) electrons. The second-order valence-corrected chi connectivity index (χ2v) is 7.43. The van der Waals surface area contributed by atoms with E-state index in [-0.39, 0.29) is 11.9 Å². The molecular weight excluding hydrogens is 300 g/mol. The van der Waals surface area contributed by atoms with Gasteiger partial charge in [0.2, 0.25) is 5.91 Å². The van der Waals surface area contributed by atoms with Crippen LogP contribution >= 0.6 is 11.6 Å². The van der Waals surface area contributed by atoms with Crippen LogP contribution in [0.2, 0.25) is 5.02 Å². The summed E-state index contributed by atoms with van der Waals surface area (Å²) in [4.78, 5) is 14.0. The van der Waals surface area contributed by atoms with Crippen molar-refractivity contribution in [2.45, 2.75) is 45.3 Å². The Kier molecular flexibility index (Phi) is 4.85. The Morgan fingerprint density at radius 3 is 2.50 bits per heavy atom. The lowest BCUT2D eigenvalue weighted by molar-refractivity contribution is -0.153. The molecule has 1 amide bonds. The molecule has 1 aromatic carbocycles. The third kappa shape index (κ3) is 3.29. The topological polar surface area (TPSA) is 66.6 Å². The van der Waals surface area contributed by atoms with Gasteiger partial charge in [-0.25, -0.2) is 0 Å². The molecule has 1 fully saturated rings. The molecule has 22 heavy (non-hydrogen) atoms. The zero-order valence-electron chi connectivity index (χ0n) is 13.5. The first kappa shape index (κ1) is 17.3. The van der Waals surface area contributed by atoms with Crippen molar-refractivity contribution in [1.82, 2.24) is 4.90 Å². The smallest absolute Gasteiger partial charge is 0.224 e. The molecular formula is C17H25ClN2O2. The van der Waals surface area contributed by atoms with E-state index >= 15 is 0 Å². The molecule has 0 aromatic heterocycles. The zero-order chi connectivity index (χ0) is 16.5. The maximum atomic E-state index is 12.2. The summed E-state index contributed by atoms with van der Waals surface area (Å²) >= 11 is 5.93. The second kappa shape index (κ2) is 6.19. The van der Waals surface area contributed by atoms with Crippen LogP contribution in [0.1, 0.15) is 39.2 Å². The Morgan fingerprint density at radius 1 is 1.41 bits per heavy atom. The van der Waals surface area contributed by atoms with Crippen molar-refractivity contribution in [1.29, 1.82) is 0 Å². The summed E-state index contributed by atoms with van der Waals surface area (Å²) in [5.74, 6) is 0.0567. The number of carbonyl (C=O) groups excluding carboxylic acids is 1. The minimum absolute atomic E-state index is 0.0567. The Morgan fingerprint density at radius 2 is 2.00 bits per heavy atom. The summed E-state index contributed by atoms with van der Waals surface area (Å²) in [7, 11) is 0. The lowest BCUT2D eigenvalue weighted by atomic mass is 9.66. The molecule has 0 unspecified atom stereocenters. The largest absolute Gasteiger partial charge is 0.384 e. The number of piperidine rings is 1. The molecule has 2 atom stereocenters. The molecule has 1 aromatic rings. The Labute approximate surface area is 137 Å². The summed E-state index contributed by atoms with van der Waals surface area (Å²) in [6.45, 7) is 6.86. The van der Waals surface area contributed by atoms with E-state index in [0.717, 1.165) is 5.56 Å². The van der Waals surface area contributed by atoms with E-state index in [1.165, 1.54) is 0 Å². The molecule has 0 saturated carbocycles. The predicted octanol–water partition coefficient (Wildman–Crippen LogP) is 2.52. The van der Waals surface area contributed by atoms with E-state index in [0.29, 0.717) is 31.0 Å². The third-order valence-electron chi connectivity index (χ3n) is 4.62. The molecule has 1 heterocycles. The summed E-state index contributed by atoms with van der Waals surface area (Å²) in [6, 6.07) is 7.16. The molecule has 3 N–H and O–H groups in total. The van der Waals surface area contributed by atoms with Crippen molar-refractivity contribution in [2.24, 2.45) is 11.1 Å². The maximum Gasteiger partial charge on any atom is 0.224 e. The summed E-state index contributed by atoms with van der Waals surface area (Å²) < 4.78 is 0. The van der Waals surface area contributed by atoms with Gasteiger partial charge in [0.05, 0.1) is 5.60 Å². The van der Waals surface area contributed by atoms with Crippen molar-refractivity contribution < 1.29 is 9.90 Å². The van der Waals surface area contributed by atoms with Crippen LogP contribution in [0.15, 0.2) is 24.3 Å². The number of carbonyl (C=O) groups is 1. The number of nitrogens with zero attached hydrogens (tertiary/aromatic N) is 1. The summed E-state index contributed by atoms with van der Waals surface area (Å²) in [5.41, 5.74) is 5.14. The van der Waals surface area contributed by atoms with Crippen LogP contribution in [0.5, 0.6) is 0 Å². The van der Waals surface area contributed by atoms with Crippen molar-refractivity contribution in [3.05, 3.63) is 34.9 Å². The number of halogens is 1. The highest BCUT2D eigenvalue weighted by atomic mass is 35.5. The second-order valence-electron chi connectivity index (χ2n) is 7.00. The Hall–Kier alpha value is -1.10. The van der Waals surface area contributed by atoms with Gasteiger partial charge in [-0.15, -0.1) is 0 Å². The van der Waals surface area contributed by atoms with Gasteiger partial charge in [0, 0.05) is 36.0 Å². The first-order valence-electron chi connectivity index (χ1n) is 7.67. The number of aliphatic hydroxyl groups is 1. The third-order valence-corrected chi connectivity index (χ3v) is 4.87. The fraction of sp³-hybridized carbons (Fsp3) is 0.588. The SMILES string of the molecule is C[C@@H](N)CC(=O)N1CC[C@](O)(c2ccc(Cl)cc2)C(C)(C)C1. The highest BCUT2D eigenvalue weighted by Crippen LogP contribution is 2.46. The fourth-order valence-corrected chi connectivity index (χ4v) is 3.33. The highest BCUT2D eigenvalue weighted by Gasteiger charge is 2.49. The molecule has 4 nitrogen and oxygen atoms in total. The van der Waals surface area contributed by atoms with Gasteiger partial charge < -0.3 is 15.7 Å². The average molecular weight is 325 g/mol. The molecule has 1 aliphatic rings. The maximum absolute atomic E-state index is 12.2. The van der Waals surface area contributed by atoms with Gasteiger partial charge >= 0.3 is 0 Å². The summed E-state index contributed by atoms with van der Waals surface area (Å²) in [6.07, 6.45) is 0.849. The Balaban J connectivity index is 2.20. The molecule has 1 aliphatic heterocycles. The molecule has 0 aliphatic carbocycles. The number of nitrogens with two attached hydrogens (primary N) is 1. The normalized spacial score (nSPS) is 25.8. The fourth-order valence-electron chi connectivity index (χ4n) is 3.20. The summed E-state index contributed by atoms with van der Waals surface area (Å²) in [5, 5.41) is 11.9. The van der Waals surface area contributed by atoms with Crippen LogP contribution in [0, 0.1) is 5.41 Å². The number of rotatable bonds is 3. The number of benzene rings is 1. The van der Waals surface area contributed by atoms with Crippen molar-refractivity contribution >= 4 is 17.5 Å². The Bertz CT molecular complexity index is 542. The van der Waals surface area contributed by atoms with Gasteiger partial charge in [-0.3, -0.25) is 4.79 Å². The number of likely N-dealkylation sites (tertiary alicyclic amines) is 1. The quantitative estimate of drug-likeness (QED) is 0.897. The number of hydrogen-bond acceptors (Lipinski definition) is 3. The average Bonchev–Trinajstić information content (AvgIpc) is 2.41. The van der Waals surface area contributed by atoms with Gasteiger partial charge in [0.25, 0.3) is 0 Å². The van der Waals surface area contributed by atoms with Crippen LogP contribution < -0.4 is 5.73 Å². The zero-order valence-corrected chi connectivity index (χ0v) is 14.2. The van der Waals surface area contributed by atoms with Crippen LogP contribution in [0.3, 0.4) is 0 Å². The van der Waals surface area contributed by atoms with E-state index in [4.69, 9.17) is 17.3 Å². The van der Waals surface area contributed by atoms with Crippen LogP contribution in [0.25, 0.3) is 0 Å².